The molecule has 0 saturated carbocycles. The smallest absolute Gasteiger partial charge is 0.358 e. The minimum Gasteiger partial charge on any atom is -0.358 e. The maximum Gasteiger partial charge on any atom is 0.416 e. The summed E-state index contributed by atoms with van der Waals surface area (Å²) in [6.45, 7) is 0.660. The van der Waals surface area contributed by atoms with Gasteiger partial charge in [0.1, 0.15) is 11.9 Å². The summed E-state index contributed by atoms with van der Waals surface area (Å²) in [5.74, 6) is 0.917. The van der Waals surface area contributed by atoms with Crippen LogP contribution in [0, 0.1) is 0 Å². The number of rotatable bonds is 5. The molecular formula is C19H22F3N5O. The van der Waals surface area contributed by atoms with Crippen LogP contribution in [-0.4, -0.2) is 47.5 Å². The third-order valence-electron chi connectivity index (χ3n) is 4.52. The molecule has 1 aliphatic heterocycles. The first-order valence-corrected chi connectivity index (χ1v) is 8.96. The highest BCUT2D eigenvalue weighted by molar-refractivity contribution is 5.85. The fourth-order valence-corrected chi connectivity index (χ4v) is 3.12. The molecule has 0 aliphatic carbocycles. The lowest BCUT2D eigenvalue weighted by Gasteiger charge is -2.33. The predicted molar refractivity (Wildman–Crippen MR) is 99.9 cm³/mol. The second-order valence-corrected chi connectivity index (χ2v) is 6.93. The lowest BCUT2D eigenvalue weighted by molar-refractivity contribution is -0.137. The molecule has 2 heterocycles. The molecule has 0 spiro atoms. The van der Waals surface area contributed by atoms with Gasteiger partial charge in [0.05, 0.1) is 5.56 Å². The van der Waals surface area contributed by atoms with E-state index in [0.717, 1.165) is 18.6 Å². The van der Waals surface area contributed by atoms with E-state index in [1.165, 1.54) is 6.07 Å². The van der Waals surface area contributed by atoms with Crippen LogP contribution in [0.5, 0.6) is 0 Å². The van der Waals surface area contributed by atoms with Crippen LogP contribution in [0.2, 0.25) is 0 Å². The van der Waals surface area contributed by atoms with Gasteiger partial charge in [-0.15, -0.1) is 0 Å². The van der Waals surface area contributed by atoms with Crippen LogP contribution in [0.3, 0.4) is 0 Å². The normalized spacial score (nSPS) is 17.5. The number of carbonyl (C=O) groups excluding carboxylic acids is 1. The number of benzene rings is 1. The quantitative estimate of drug-likeness (QED) is 0.846. The molecule has 1 N–H and O–H groups in total. The fourth-order valence-electron chi connectivity index (χ4n) is 3.12. The first-order valence-electron chi connectivity index (χ1n) is 8.96. The molecule has 0 radical (unpaired) electrons. The van der Waals surface area contributed by atoms with Crippen molar-refractivity contribution >= 4 is 17.7 Å². The van der Waals surface area contributed by atoms with Crippen molar-refractivity contribution in [2.24, 2.45) is 0 Å². The van der Waals surface area contributed by atoms with E-state index < -0.39 is 17.8 Å². The number of alkyl halides is 3. The molecule has 9 heteroatoms. The number of carbonyl (C=O) groups is 1. The summed E-state index contributed by atoms with van der Waals surface area (Å²) in [5, 5.41) is 3.13. The van der Waals surface area contributed by atoms with Gasteiger partial charge in [0.15, 0.2) is 0 Å². The molecule has 1 aromatic heterocycles. The Morgan fingerprint density at radius 1 is 1.29 bits per heavy atom. The number of nitrogens with zero attached hydrogens (tertiary/aromatic N) is 4. The van der Waals surface area contributed by atoms with E-state index in [9.17, 15) is 18.0 Å². The average molecular weight is 393 g/mol. The maximum absolute atomic E-state index is 12.9. The molecule has 150 valence electrons. The van der Waals surface area contributed by atoms with Gasteiger partial charge in [0.2, 0.25) is 11.9 Å². The van der Waals surface area contributed by atoms with Gasteiger partial charge in [-0.2, -0.15) is 18.2 Å². The Balaban J connectivity index is 1.70. The lowest BCUT2D eigenvalue weighted by Crippen LogP contribution is -2.47. The molecule has 3 rings (SSSR count). The van der Waals surface area contributed by atoms with Gasteiger partial charge in [-0.3, -0.25) is 4.79 Å². The molecule has 28 heavy (non-hydrogen) atoms. The van der Waals surface area contributed by atoms with Crippen molar-refractivity contribution in [2.75, 3.05) is 30.9 Å². The second-order valence-electron chi connectivity index (χ2n) is 6.93. The number of anilines is 2. The number of hydrogen-bond donors (Lipinski definition) is 1. The lowest BCUT2D eigenvalue weighted by atomic mass is 10.0. The SMILES string of the molecule is CN(C)c1nccc(NC2CCCN(Cc3cccc(C(F)(F)F)c3)C2=O)n1. The molecular weight excluding hydrogens is 371 g/mol. The average Bonchev–Trinajstić information content (AvgIpc) is 2.65. The summed E-state index contributed by atoms with van der Waals surface area (Å²) >= 11 is 0. The van der Waals surface area contributed by atoms with Crippen molar-refractivity contribution in [3.05, 3.63) is 47.7 Å². The number of amides is 1. The van der Waals surface area contributed by atoms with Gasteiger partial charge in [-0.25, -0.2) is 4.98 Å². The molecule has 1 unspecified atom stereocenters. The Bertz CT molecular complexity index is 840. The number of hydrogen-bond acceptors (Lipinski definition) is 5. The number of piperidine rings is 1. The number of nitrogens with one attached hydrogen (secondary N) is 1. The zero-order valence-electron chi connectivity index (χ0n) is 15.7. The van der Waals surface area contributed by atoms with Crippen molar-refractivity contribution in [1.82, 2.24) is 14.9 Å². The predicted octanol–water partition coefficient (Wildman–Crippen LogP) is 3.16. The Kier molecular flexibility index (Phi) is 5.71. The van der Waals surface area contributed by atoms with E-state index in [1.54, 1.807) is 28.1 Å². The van der Waals surface area contributed by atoms with E-state index >= 15 is 0 Å². The van der Waals surface area contributed by atoms with E-state index in [0.29, 0.717) is 30.3 Å². The minimum absolute atomic E-state index is 0.145. The zero-order chi connectivity index (χ0) is 20.3. The minimum atomic E-state index is -4.40. The Morgan fingerprint density at radius 2 is 2.07 bits per heavy atom. The van der Waals surface area contributed by atoms with Crippen LogP contribution in [-0.2, 0) is 17.5 Å². The van der Waals surface area contributed by atoms with Crippen LogP contribution >= 0.6 is 0 Å². The van der Waals surface area contributed by atoms with Gasteiger partial charge in [0.25, 0.3) is 0 Å². The second kappa shape index (κ2) is 8.04. The largest absolute Gasteiger partial charge is 0.416 e. The summed E-state index contributed by atoms with van der Waals surface area (Å²) < 4.78 is 38.7. The Labute approximate surface area is 161 Å². The highest BCUT2D eigenvalue weighted by Crippen LogP contribution is 2.30. The summed E-state index contributed by atoms with van der Waals surface area (Å²) in [4.78, 5) is 24.7. The third-order valence-corrected chi connectivity index (χ3v) is 4.52. The number of likely N-dealkylation sites (tertiary alicyclic amines) is 1. The zero-order valence-corrected chi connectivity index (χ0v) is 15.7. The first kappa shape index (κ1) is 19.9. The van der Waals surface area contributed by atoms with E-state index in [4.69, 9.17) is 0 Å². The molecule has 0 bridgehead atoms. The van der Waals surface area contributed by atoms with Crippen LogP contribution in [0.15, 0.2) is 36.5 Å². The number of aromatic nitrogens is 2. The molecule has 1 saturated heterocycles. The molecule has 6 nitrogen and oxygen atoms in total. The molecule has 2 aromatic rings. The summed E-state index contributed by atoms with van der Waals surface area (Å²) in [6.07, 6.45) is -1.39. The van der Waals surface area contributed by atoms with E-state index in [1.807, 2.05) is 14.1 Å². The standard InChI is InChI=1S/C19H22F3N5O/c1-26(2)18-23-9-8-16(25-18)24-15-7-4-10-27(17(15)28)12-13-5-3-6-14(11-13)19(20,21)22/h3,5-6,8-9,11,15H,4,7,10,12H2,1-2H3,(H,23,24,25). The van der Waals surface area contributed by atoms with Gasteiger partial charge in [-0.05, 0) is 36.6 Å². The van der Waals surface area contributed by atoms with Gasteiger partial charge < -0.3 is 15.1 Å². The number of halogens is 3. The van der Waals surface area contributed by atoms with Gasteiger partial charge in [0, 0.05) is 33.4 Å². The van der Waals surface area contributed by atoms with Crippen LogP contribution < -0.4 is 10.2 Å². The first-order chi connectivity index (χ1) is 13.2. The summed E-state index contributed by atoms with van der Waals surface area (Å²) in [6, 6.07) is 6.32. The molecule has 1 atom stereocenters. The fraction of sp³-hybridized carbons (Fsp3) is 0.421. The molecule has 1 aromatic carbocycles. The molecule has 1 amide bonds. The molecule has 1 fully saturated rings. The van der Waals surface area contributed by atoms with Gasteiger partial charge in [-0.1, -0.05) is 12.1 Å². The van der Waals surface area contributed by atoms with Crippen LogP contribution in [0.25, 0.3) is 0 Å². The van der Waals surface area contributed by atoms with Crippen molar-refractivity contribution in [3.8, 4) is 0 Å². The topological polar surface area (TPSA) is 61.4 Å². The van der Waals surface area contributed by atoms with Crippen LogP contribution in [0.1, 0.15) is 24.0 Å². The van der Waals surface area contributed by atoms with Crippen molar-refractivity contribution in [1.29, 1.82) is 0 Å². The Morgan fingerprint density at radius 3 is 2.79 bits per heavy atom. The molecule has 1 aliphatic rings. The van der Waals surface area contributed by atoms with Crippen molar-refractivity contribution in [3.63, 3.8) is 0 Å². The van der Waals surface area contributed by atoms with Crippen molar-refractivity contribution in [2.45, 2.75) is 31.6 Å². The summed E-state index contributed by atoms with van der Waals surface area (Å²) in [5.41, 5.74) is -0.248. The monoisotopic (exact) mass is 393 g/mol. The van der Waals surface area contributed by atoms with Gasteiger partial charge >= 0.3 is 6.18 Å². The van der Waals surface area contributed by atoms with E-state index in [2.05, 4.69) is 15.3 Å². The van der Waals surface area contributed by atoms with Crippen LogP contribution in [0.4, 0.5) is 24.9 Å². The van der Waals surface area contributed by atoms with E-state index in [-0.39, 0.29) is 12.5 Å². The maximum atomic E-state index is 12.9. The summed E-state index contributed by atoms with van der Waals surface area (Å²) in [7, 11) is 3.64. The Hall–Kier alpha value is -2.84. The third kappa shape index (κ3) is 4.71. The highest BCUT2D eigenvalue weighted by Gasteiger charge is 2.32. The highest BCUT2D eigenvalue weighted by atomic mass is 19.4. The van der Waals surface area contributed by atoms with Crippen molar-refractivity contribution < 1.29 is 18.0 Å².